The molecule has 18 heavy (non-hydrogen) atoms. The summed E-state index contributed by atoms with van der Waals surface area (Å²) in [4.78, 5) is 10.7. The lowest BCUT2D eigenvalue weighted by atomic mass is 9.77. The van der Waals surface area contributed by atoms with Gasteiger partial charge in [0.15, 0.2) is 5.88 Å². The van der Waals surface area contributed by atoms with Gasteiger partial charge in [-0.3, -0.25) is 0 Å². The molecule has 0 aliphatic heterocycles. The number of furan rings is 1. The number of rotatable bonds is 4. The van der Waals surface area contributed by atoms with Gasteiger partial charge in [-0.05, 0) is 37.7 Å². The van der Waals surface area contributed by atoms with Gasteiger partial charge in [-0.2, -0.15) is 0 Å². The summed E-state index contributed by atoms with van der Waals surface area (Å²) in [5.74, 6) is -0.0817. The summed E-state index contributed by atoms with van der Waals surface area (Å²) in [6.45, 7) is 2.24. The van der Waals surface area contributed by atoms with Gasteiger partial charge in [-0.25, -0.2) is 4.79 Å². The van der Waals surface area contributed by atoms with Gasteiger partial charge in [0.1, 0.15) is 0 Å². The molecule has 1 aromatic heterocycles. The Morgan fingerprint density at radius 1 is 1.50 bits per heavy atom. The zero-order valence-corrected chi connectivity index (χ0v) is 10.5. The van der Waals surface area contributed by atoms with E-state index in [-0.39, 0.29) is 17.9 Å². The third-order valence-electron chi connectivity index (χ3n) is 3.74. The number of aliphatic hydroxyl groups is 1. The highest BCUT2D eigenvalue weighted by molar-refractivity contribution is 5.84. The van der Waals surface area contributed by atoms with Gasteiger partial charge in [0, 0.05) is 6.07 Å². The van der Waals surface area contributed by atoms with Gasteiger partial charge in [0.2, 0.25) is 5.76 Å². The predicted octanol–water partition coefficient (Wildman–Crippen LogP) is 2.33. The second-order valence-corrected chi connectivity index (χ2v) is 5.22. The van der Waals surface area contributed by atoms with Gasteiger partial charge in [0.25, 0.3) is 0 Å². The van der Waals surface area contributed by atoms with Crippen LogP contribution in [0.4, 0.5) is 5.88 Å². The molecule has 0 bridgehead atoms. The molecule has 0 unspecified atom stereocenters. The molecule has 5 nitrogen and oxygen atoms in total. The van der Waals surface area contributed by atoms with Gasteiger partial charge < -0.3 is 19.9 Å². The molecule has 1 fully saturated rings. The maximum absolute atomic E-state index is 10.7. The number of hydrogen-bond donors (Lipinski definition) is 3. The topological polar surface area (TPSA) is 82.7 Å². The first-order valence-corrected chi connectivity index (χ1v) is 6.27. The first-order chi connectivity index (χ1) is 8.54. The van der Waals surface area contributed by atoms with Crippen molar-refractivity contribution in [1.82, 2.24) is 0 Å². The quantitative estimate of drug-likeness (QED) is 0.767. The molecule has 0 radical (unpaired) electrons. The molecule has 3 N–H and O–H groups in total. The van der Waals surface area contributed by atoms with Crippen LogP contribution in [-0.4, -0.2) is 28.3 Å². The van der Waals surface area contributed by atoms with Crippen LogP contribution >= 0.6 is 0 Å². The van der Waals surface area contributed by atoms with Crippen molar-refractivity contribution in [3.63, 3.8) is 0 Å². The largest absolute Gasteiger partial charge is 0.475 e. The molecule has 100 valence electrons. The third-order valence-corrected chi connectivity index (χ3v) is 3.74. The Hall–Kier alpha value is -1.49. The van der Waals surface area contributed by atoms with Crippen molar-refractivity contribution >= 4 is 11.9 Å². The molecule has 0 amide bonds. The lowest BCUT2D eigenvalue weighted by molar-refractivity contribution is 0.0663. The molecule has 2 rings (SSSR count). The number of anilines is 1. The second-order valence-electron chi connectivity index (χ2n) is 5.22. The SMILES string of the molecule is CC1CCC(CO)(Nc2ccc(C(=O)O)o2)CC1. The molecule has 0 aromatic carbocycles. The van der Waals surface area contributed by atoms with E-state index in [1.807, 2.05) is 0 Å². The molecule has 5 heteroatoms. The lowest BCUT2D eigenvalue weighted by Crippen LogP contribution is -2.45. The number of nitrogens with one attached hydrogen (secondary N) is 1. The van der Waals surface area contributed by atoms with Gasteiger partial charge >= 0.3 is 5.97 Å². The van der Waals surface area contributed by atoms with E-state index in [1.54, 1.807) is 6.07 Å². The highest BCUT2D eigenvalue weighted by Crippen LogP contribution is 2.34. The summed E-state index contributed by atoms with van der Waals surface area (Å²) in [6.07, 6.45) is 3.85. The van der Waals surface area contributed by atoms with Crippen molar-refractivity contribution in [2.45, 2.75) is 38.1 Å². The average molecular weight is 253 g/mol. The van der Waals surface area contributed by atoms with Crippen LogP contribution in [0.1, 0.15) is 43.2 Å². The van der Waals surface area contributed by atoms with E-state index in [0.717, 1.165) is 25.7 Å². The Kier molecular flexibility index (Phi) is 3.61. The van der Waals surface area contributed by atoms with Crippen molar-refractivity contribution in [3.05, 3.63) is 17.9 Å². The standard InChI is InChI=1S/C13H19NO4/c1-9-4-6-13(8-15,7-5-9)14-11-3-2-10(18-11)12(16)17/h2-3,9,14-15H,4-8H2,1H3,(H,16,17). The molecule has 1 saturated carbocycles. The van der Waals surface area contributed by atoms with Crippen LogP contribution in [0.2, 0.25) is 0 Å². The molecule has 0 saturated heterocycles. The normalized spacial score (nSPS) is 28.0. The number of carboxylic acids is 1. The van der Waals surface area contributed by atoms with Crippen LogP contribution < -0.4 is 5.32 Å². The number of hydrogen-bond acceptors (Lipinski definition) is 4. The van der Waals surface area contributed by atoms with Crippen LogP contribution in [0.5, 0.6) is 0 Å². The zero-order valence-electron chi connectivity index (χ0n) is 10.5. The molecular formula is C13H19NO4. The van der Waals surface area contributed by atoms with Crippen LogP contribution in [0.3, 0.4) is 0 Å². The minimum atomic E-state index is -1.08. The van der Waals surface area contributed by atoms with E-state index >= 15 is 0 Å². The third kappa shape index (κ3) is 2.67. The summed E-state index contributed by atoms with van der Waals surface area (Å²) < 4.78 is 5.18. The summed E-state index contributed by atoms with van der Waals surface area (Å²) in [5, 5.41) is 21.5. The van der Waals surface area contributed by atoms with E-state index < -0.39 is 5.97 Å². The zero-order chi connectivity index (χ0) is 13.2. The highest BCUT2D eigenvalue weighted by Gasteiger charge is 2.34. The maximum atomic E-state index is 10.7. The molecule has 1 aromatic rings. The first kappa shape index (κ1) is 13.0. The van der Waals surface area contributed by atoms with Crippen molar-refractivity contribution in [2.24, 2.45) is 5.92 Å². The van der Waals surface area contributed by atoms with Crippen molar-refractivity contribution in [2.75, 3.05) is 11.9 Å². The Labute approximate surface area is 106 Å². The highest BCUT2D eigenvalue weighted by atomic mass is 16.4. The van der Waals surface area contributed by atoms with Crippen LogP contribution in [0.15, 0.2) is 16.5 Å². The van der Waals surface area contributed by atoms with Crippen molar-refractivity contribution < 1.29 is 19.4 Å². The molecule has 1 aliphatic carbocycles. The van der Waals surface area contributed by atoms with E-state index in [2.05, 4.69) is 12.2 Å². The molecular weight excluding hydrogens is 234 g/mol. The van der Waals surface area contributed by atoms with Crippen LogP contribution in [0.25, 0.3) is 0 Å². The summed E-state index contributed by atoms with van der Waals surface area (Å²) in [6, 6.07) is 3.01. The Morgan fingerprint density at radius 3 is 2.67 bits per heavy atom. The van der Waals surface area contributed by atoms with Crippen molar-refractivity contribution in [1.29, 1.82) is 0 Å². The van der Waals surface area contributed by atoms with Gasteiger partial charge in [-0.1, -0.05) is 6.92 Å². The predicted molar refractivity (Wildman–Crippen MR) is 66.7 cm³/mol. The van der Waals surface area contributed by atoms with E-state index in [9.17, 15) is 9.90 Å². The Balaban J connectivity index is 2.07. The Bertz CT molecular complexity index is 418. The fourth-order valence-electron chi connectivity index (χ4n) is 2.42. The summed E-state index contributed by atoms with van der Waals surface area (Å²) in [7, 11) is 0. The second kappa shape index (κ2) is 5.02. The molecule has 1 heterocycles. The number of aromatic carboxylic acids is 1. The van der Waals surface area contributed by atoms with E-state index in [0.29, 0.717) is 11.8 Å². The maximum Gasteiger partial charge on any atom is 0.371 e. The van der Waals surface area contributed by atoms with E-state index in [1.165, 1.54) is 6.07 Å². The minimum absolute atomic E-state index is 0.0306. The summed E-state index contributed by atoms with van der Waals surface area (Å²) >= 11 is 0. The molecule has 0 spiro atoms. The van der Waals surface area contributed by atoms with E-state index in [4.69, 9.17) is 9.52 Å². The average Bonchev–Trinajstić information content (AvgIpc) is 2.81. The monoisotopic (exact) mass is 253 g/mol. The first-order valence-electron chi connectivity index (χ1n) is 6.27. The van der Waals surface area contributed by atoms with Crippen molar-refractivity contribution in [3.8, 4) is 0 Å². The Morgan fingerprint density at radius 2 is 2.17 bits per heavy atom. The fourth-order valence-corrected chi connectivity index (χ4v) is 2.42. The van der Waals surface area contributed by atoms with Gasteiger partial charge in [-0.15, -0.1) is 0 Å². The fraction of sp³-hybridized carbons (Fsp3) is 0.615. The molecule has 0 atom stereocenters. The summed E-state index contributed by atoms with van der Waals surface area (Å²) in [5.41, 5.74) is -0.375. The smallest absolute Gasteiger partial charge is 0.371 e. The van der Waals surface area contributed by atoms with Crippen LogP contribution in [0, 0.1) is 5.92 Å². The molecule has 1 aliphatic rings. The number of carboxylic acid groups (broad SMARTS) is 1. The number of carbonyl (C=O) groups is 1. The number of aliphatic hydroxyl groups excluding tert-OH is 1. The van der Waals surface area contributed by atoms with Crippen LogP contribution in [-0.2, 0) is 0 Å². The van der Waals surface area contributed by atoms with Gasteiger partial charge in [0.05, 0.1) is 12.1 Å². The minimum Gasteiger partial charge on any atom is -0.475 e. The lowest BCUT2D eigenvalue weighted by Gasteiger charge is -2.38.